The second kappa shape index (κ2) is 6.25. The Hall–Kier alpha value is -1.58. The highest BCUT2D eigenvalue weighted by Crippen LogP contribution is 2.32. The number of hydrogen-bond donors (Lipinski definition) is 1. The van der Waals surface area contributed by atoms with E-state index in [-0.39, 0.29) is 6.04 Å². The van der Waals surface area contributed by atoms with Gasteiger partial charge in [-0.05, 0) is 55.3 Å². The third-order valence-electron chi connectivity index (χ3n) is 3.50. The number of ether oxygens (including phenoxy) is 1. The van der Waals surface area contributed by atoms with Gasteiger partial charge in [0.25, 0.3) is 0 Å². The van der Waals surface area contributed by atoms with Gasteiger partial charge in [0.1, 0.15) is 5.75 Å². The molecule has 0 aliphatic rings. The third kappa shape index (κ3) is 2.79. The number of aryl methyl sites for hydroxylation is 2. The average Bonchev–Trinajstić information content (AvgIpc) is 2.45. The minimum atomic E-state index is 0.0371. The zero-order chi connectivity index (χ0) is 14.7. The Morgan fingerprint density at radius 1 is 1.20 bits per heavy atom. The summed E-state index contributed by atoms with van der Waals surface area (Å²) in [6.07, 6.45) is 3.43. The van der Waals surface area contributed by atoms with Gasteiger partial charge in [0.2, 0.25) is 0 Å². The van der Waals surface area contributed by atoms with Crippen LogP contribution in [0.5, 0.6) is 5.75 Å². The van der Waals surface area contributed by atoms with Crippen molar-refractivity contribution in [2.75, 3.05) is 14.2 Å². The number of methoxy groups -OCH3 is 1. The molecule has 1 unspecified atom stereocenters. The molecule has 0 spiro atoms. The maximum absolute atomic E-state index is 6.27. The van der Waals surface area contributed by atoms with Crippen LogP contribution in [0.4, 0.5) is 0 Å². The van der Waals surface area contributed by atoms with E-state index in [0.29, 0.717) is 5.02 Å². The van der Waals surface area contributed by atoms with Crippen LogP contribution in [0.3, 0.4) is 0 Å². The molecule has 20 heavy (non-hydrogen) atoms. The summed E-state index contributed by atoms with van der Waals surface area (Å²) < 4.78 is 5.37. The van der Waals surface area contributed by atoms with E-state index in [1.807, 2.05) is 20.0 Å². The molecule has 1 aromatic carbocycles. The summed E-state index contributed by atoms with van der Waals surface area (Å²) in [4.78, 5) is 4.04. The van der Waals surface area contributed by atoms with E-state index in [0.717, 1.165) is 16.9 Å². The van der Waals surface area contributed by atoms with Gasteiger partial charge in [0.05, 0.1) is 18.2 Å². The monoisotopic (exact) mass is 290 g/mol. The molecule has 3 nitrogen and oxygen atoms in total. The van der Waals surface area contributed by atoms with Crippen molar-refractivity contribution in [3.8, 4) is 5.75 Å². The van der Waals surface area contributed by atoms with E-state index in [2.05, 4.69) is 29.4 Å². The summed E-state index contributed by atoms with van der Waals surface area (Å²) in [7, 11) is 3.62. The van der Waals surface area contributed by atoms with Crippen molar-refractivity contribution in [1.29, 1.82) is 0 Å². The van der Waals surface area contributed by atoms with Crippen molar-refractivity contribution in [2.45, 2.75) is 19.9 Å². The number of pyridine rings is 1. The molecule has 4 heteroatoms. The fourth-order valence-corrected chi connectivity index (χ4v) is 2.67. The Morgan fingerprint density at radius 3 is 2.55 bits per heavy atom. The van der Waals surface area contributed by atoms with Gasteiger partial charge in [0, 0.05) is 12.4 Å². The molecule has 0 saturated carbocycles. The predicted molar refractivity (Wildman–Crippen MR) is 82.6 cm³/mol. The van der Waals surface area contributed by atoms with Gasteiger partial charge in [-0.3, -0.25) is 4.98 Å². The first-order valence-electron chi connectivity index (χ1n) is 6.50. The largest absolute Gasteiger partial charge is 0.496 e. The van der Waals surface area contributed by atoms with Gasteiger partial charge >= 0.3 is 0 Å². The Bertz CT molecular complexity index is 613. The Labute approximate surface area is 124 Å². The minimum Gasteiger partial charge on any atom is -0.496 e. The van der Waals surface area contributed by atoms with E-state index in [1.165, 1.54) is 11.1 Å². The number of nitrogens with one attached hydrogen (secondary N) is 1. The predicted octanol–water partition coefficient (Wildman–Crippen LogP) is 3.67. The summed E-state index contributed by atoms with van der Waals surface area (Å²) in [6.45, 7) is 4.12. The van der Waals surface area contributed by atoms with Crippen molar-refractivity contribution >= 4 is 11.6 Å². The normalized spacial score (nSPS) is 12.2. The minimum absolute atomic E-state index is 0.0371. The van der Waals surface area contributed by atoms with E-state index < -0.39 is 0 Å². The maximum Gasteiger partial charge on any atom is 0.122 e. The molecule has 0 saturated heterocycles. The summed E-state index contributed by atoms with van der Waals surface area (Å²) >= 11 is 6.27. The second-order valence-electron chi connectivity index (χ2n) is 4.80. The highest BCUT2D eigenvalue weighted by atomic mass is 35.5. The third-order valence-corrected chi connectivity index (χ3v) is 3.81. The van der Waals surface area contributed by atoms with E-state index in [4.69, 9.17) is 16.3 Å². The van der Waals surface area contributed by atoms with Gasteiger partial charge in [-0.15, -0.1) is 0 Å². The molecule has 0 aliphatic heterocycles. The molecule has 1 aromatic heterocycles. The Kier molecular flexibility index (Phi) is 4.63. The zero-order valence-corrected chi connectivity index (χ0v) is 13.0. The van der Waals surface area contributed by atoms with Crippen LogP contribution in [-0.2, 0) is 0 Å². The lowest BCUT2D eigenvalue weighted by Gasteiger charge is -2.21. The molecule has 0 fully saturated rings. The molecule has 1 N–H and O–H groups in total. The van der Waals surface area contributed by atoms with Crippen LogP contribution in [0.1, 0.15) is 28.3 Å². The standard InChI is InChI=1S/C16H19ClN2O/c1-10-8-15(20-4)11(2)7-13(10)16(18-3)12-5-6-19-9-14(12)17/h5-9,16,18H,1-4H3. The van der Waals surface area contributed by atoms with E-state index >= 15 is 0 Å². The van der Waals surface area contributed by atoms with Gasteiger partial charge < -0.3 is 10.1 Å². The van der Waals surface area contributed by atoms with Gasteiger partial charge in [-0.1, -0.05) is 17.7 Å². The van der Waals surface area contributed by atoms with Crippen LogP contribution in [0.15, 0.2) is 30.6 Å². The molecular formula is C16H19ClN2O. The van der Waals surface area contributed by atoms with Crippen LogP contribution in [0.25, 0.3) is 0 Å². The lowest BCUT2D eigenvalue weighted by Crippen LogP contribution is -2.19. The lowest BCUT2D eigenvalue weighted by atomic mass is 9.93. The van der Waals surface area contributed by atoms with Crippen molar-refractivity contribution in [3.63, 3.8) is 0 Å². The van der Waals surface area contributed by atoms with Crippen LogP contribution in [-0.4, -0.2) is 19.1 Å². The van der Waals surface area contributed by atoms with Crippen LogP contribution >= 0.6 is 11.6 Å². The SMILES string of the molecule is CNC(c1cc(C)c(OC)cc1C)c1ccncc1Cl. The molecule has 1 heterocycles. The van der Waals surface area contributed by atoms with Gasteiger partial charge in [-0.2, -0.15) is 0 Å². The van der Waals surface area contributed by atoms with E-state index in [1.54, 1.807) is 19.5 Å². The van der Waals surface area contributed by atoms with Crippen LogP contribution < -0.4 is 10.1 Å². The first kappa shape index (κ1) is 14.8. The Morgan fingerprint density at radius 2 is 1.95 bits per heavy atom. The number of nitrogens with zero attached hydrogens (tertiary/aromatic N) is 1. The Balaban J connectivity index is 2.53. The number of hydrogen-bond acceptors (Lipinski definition) is 3. The fraction of sp³-hybridized carbons (Fsp3) is 0.312. The first-order chi connectivity index (χ1) is 9.58. The summed E-state index contributed by atoms with van der Waals surface area (Å²) in [5.74, 6) is 0.905. The molecule has 1 atom stereocenters. The fourth-order valence-electron chi connectivity index (χ4n) is 2.44. The average molecular weight is 291 g/mol. The van der Waals surface area contributed by atoms with Gasteiger partial charge in [-0.25, -0.2) is 0 Å². The highest BCUT2D eigenvalue weighted by molar-refractivity contribution is 6.31. The van der Waals surface area contributed by atoms with Crippen molar-refractivity contribution in [2.24, 2.45) is 0 Å². The zero-order valence-electron chi connectivity index (χ0n) is 12.2. The van der Waals surface area contributed by atoms with Gasteiger partial charge in [0.15, 0.2) is 0 Å². The molecule has 2 aromatic rings. The van der Waals surface area contributed by atoms with Crippen LogP contribution in [0, 0.1) is 13.8 Å². The summed E-state index contributed by atoms with van der Waals surface area (Å²) in [5.41, 5.74) is 4.49. The number of halogens is 1. The molecular weight excluding hydrogens is 272 g/mol. The summed E-state index contributed by atoms with van der Waals surface area (Å²) in [6, 6.07) is 6.19. The molecule has 0 radical (unpaired) electrons. The first-order valence-corrected chi connectivity index (χ1v) is 6.88. The molecule has 0 amide bonds. The topological polar surface area (TPSA) is 34.1 Å². The molecule has 0 aliphatic carbocycles. The van der Waals surface area contributed by atoms with E-state index in [9.17, 15) is 0 Å². The van der Waals surface area contributed by atoms with Crippen LogP contribution in [0.2, 0.25) is 5.02 Å². The number of aromatic nitrogens is 1. The number of benzene rings is 1. The second-order valence-corrected chi connectivity index (χ2v) is 5.20. The highest BCUT2D eigenvalue weighted by Gasteiger charge is 2.18. The smallest absolute Gasteiger partial charge is 0.122 e. The molecule has 2 rings (SSSR count). The van der Waals surface area contributed by atoms with Crippen molar-refractivity contribution < 1.29 is 4.74 Å². The molecule has 106 valence electrons. The summed E-state index contributed by atoms with van der Waals surface area (Å²) in [5, 5.41) is 3.99. The number of rotatable bonds is 4. The quantitative estimate of drug-likeness (QED) is 0.933. The van der Waals surface area contributed by atoms with Crippen molar-refractivity contribution in [3.05, 3.63) is 57.9 Å². The lowest BCUT2D eigenvalue weighted by molar-refractivity contribution is 0.411. The maximum atomic E-state index is 6.27. The van der Waals surface area contributed by atoms with Crippen molar-refractivity contribution in [1.82, 2.24) is 10.3 Å². The molecule has 0 bridgehead atoms.